The van der Waals surface area contributed by atoms with Crippen LogP contribution in [0.1, 0.15) is 41.6 Å². The third-order valence-corrected chi connectivity index (χ3v) is 5.12. The number of nitrogens with one attached hydrogen (secondary N) is 2. The highest BCUT2D eigenvalue weighted by molar-refractivity contribution is 7.99. The van der Waals surface area contributed by atoms with Gasteiger partial charge < -0.3 is 10.7 Å². The number of amides is 1. The number of rotatable bonds is 4. The van der Waals surface area contributed by atoms with Gasteiger partial charge in [-0.2, -0.15) is 11.8 Å². The van der Waals surface area contributed by atoms with Gasteiger partial charge in [0.15, 0.2) is 0 Å². The summed E-state index contributed by atoms with van der Waals surface area (Å²) in [5, 5.41) is 3.92. The Morgan fingerprint density at radius 1 is 1.30 bits per heavy atom. The molecule has 110 valence electrons. The van der Waals surface area contributed by atoms with Crippen LogP contribution in [-0.2, 0) is 0 Å². The minimum absolute atomic E-state index is 0.0265. The van der Waals surface area contributed by atoms with Gasteiger partial charge >= 0.3 is 0 Å². The van der Waals surface area contributed by atoms with Crippen LogP contribution in [-0.4, -0.2) is 23.5 Å². The van der Waals surface area contributed by atoms with E-state index in [1.165, 1.54) is 12.8 Å². The number of hydrogen-bond donors (Lipinski definition) is 3. The summed E-state index contributed by atoms with van der Waals surface area (Å²) < 4.78 is 0. The monoisotopic (exact) mass is 293 g/mol. The number of aryl methyl sites for hydroxylation is 1. The van der Waals surface area contributed by atoms with Gasteiger partial charge in [-0.05, 0) is 62.6 Å². The van der Waals surface area contributed by atoms with Gasteiger partial charge in [0.2, 0.25) is 0 Å². The van der Waals surface area contributed by atoms with Crippen molar-refractivity contribution in [3.05, 3.63) is 29.3 Å². The van der Waals surface area contributed by atoms with Gasteiger partial charge in [-0.25, -0.2) is 0 Å². The normalized spacial score (nSPS) is 22.4. The molecule has 0 bridgehead atoms. The molecule has 1 aromatic rings. The molecule has 2 rings (SSSR count). The Hall–Kier alpha value is -1.20. The molecule has 20 heavy (non-hydrogen) atoms. The maximum atomic E-state index is 12.3. The van der Waals surface area contributed by atoms with Crippen molar-refractivity contribution in [2.24, 2.45) is 5.84 Å². The largest absolute Gasteiger partial charge is 0.349 e. The Labute approximate surface area is 124 Å². The number of thioether (sulfide) groups is 1. The zero-order chi connectivity index (χ0) is 14.5. The lowest BCUT2D eigenvalue weighted by Crippen LogP contribution is -2.38. The SMILES string of the molecule is CSC1CCC(NC(=O)c2ccc(NN)cc2C)CC1. The van der Waals surface area contributed by atoms with Gasteiger partial charge in [0.1, 0.15) is 0 Å². The molecular weight excluding hydrogens is 270 g/mol. The van der Waals surface area contributed by atoms with Gasteiger partial charge in [0.25, 0.3) is 5.91 Å². The van der Waals surface area contributed by atoms with Crippen molar-refractivity contribution in [2.45, 2.75) is 43.9 Å². The van der Waals surface area contributed by atoms with Crippen LogP contribution in [0.3, 0.4) is 0 Å². The summed E-state index contributed by atoms with van der Waals surface area (Å²) in [5.41, 5.74) is 5.08. The molecule has 4 N–H and O–H groups in total. The number of hydrogen-bond acceptors (Lipinski definition) is 4. The second-order valence-electron chi connectivity index (χ2n) is 5.36. The van der Waals surface area contributed by atoms with Crippen molar-refractivity contribution in [1.29, 1.82) is 0 Å². The standard InChI is InChI=1S/C15H23N3OS/c1-10-9-12(18-16)5-8-14(10)15(19)17-11-3-6-13(20-2)7-4-11/h5,8-9,11,13,18H,3-4,6-7,16H2,1-2H3,(H,17,19). The van der Waals surface area contributed by atoms with Crippen LogP contribution in [0.15, 0.2) is 18.2 Å². The highest BCUT2D eigenvalue weighted by Gasteiger charge is 2.22. The number of hydrazine groups is 1. The second kappa shape index (κ2) is 6.99. The smallest absolute Gasteiger partial charge is 0.251 e. The summed E-state index contributed by atoms with van der Waals surface area (Å²) in [5.74, 6) is 5.39. The molecule has 1 saturated carbocycles. The maximum Gasteiger partial charge on any atom is 0.251 e. The van der Waals surface area contributed by atoms with E-state index in [-0.39, 0.29) is 5.91 Å². The average molecular weight is 293 g/mol. The first kappa shape index (κ1) is 15.2. The van der Waals surface area contributed by atoms with E-state index in [9.17, 15) is 4.79 Å². The average Bonchev–Trinajstić information content (AvgIpc) is 2.47. The zero-order valence-corrected chi connectivity index (χ0v) is 12.9. The highest BCUT2D eigenvalue weighted by Crippen LogP contribution is 2.27. The molecule has 1 aliphatic rings. The van der Waals surface area contributed by atoms with Crippen LogP contribution in [0.2, 0.25) is 0 Å². The quantitative estimate of drug-likeness (QED) is 0.590. The predicted octanol–water partition coefficient (Wildman–Crippen LogP) is 2.68. The van der Waals surface area contributed by atoms with Crippen molar-refractivity contribution in [2.75, 3.05) is 11.7 Å². The predicted molar refractivity (Wildman–Crippen MR) is 86.0 cm³/mol. The van der Waals surface area contributed by atoms with E-state index >= 15 is 0 Å². The van der Waals surface area contributed by atoms with Crippen LogP contribution >= 0.6 is 11.8 Å². The van der Waals surface area contributed by atoms with E-state index in [1.807, 2.05) is 36.9 Å². The maximum absolute atomic E-state index is 12.3. The van der Waals surface area contributed by atoms with Crippen molar-refractivity contribution < 1.29 is 4.79 Å². The summed E-state index contributed by atoms with van der Waals surface area (Å²) in [7, 11) is 0. The Kier molecular flexibility index (Phi) is 5.31. The lowest BCUT2D eigenvalue weighted by atomic mass is 9.94. The summed E-state index contributed by atoms with van der Waals surface area (Å²) in [6, 6.07) is 5.86. The summed E-state index contributed by atoms with van der Waals surface area (Å²) in [6.45, 7) is 1.93. The van der Waals surface area contributed by atoms with Crippen LogP contribution in [0.4, 0.5) is 5.69 Å². The van der Waals surface area contributed by atoms with E-state index < -0.39 is 0 Å². The van der Waals surface area contributed by atoms with Gasteiger partial charge in [-0.3, -0.25) is 10.6 Å². The van der Waals surface area contributed by atoms with Crippen LogP contribution in [0, 0.1) is 6.92 Å². The molecule has 0 aliphatic heterocycles. The van der Waals surface area contributed by atoms with E-state index in [0.717, 1.165) is 34.9 Å². The summed E-state index contributed by atoms with van der Waals surface area (Å²) in [4.78, 5) is 12.3. The molecule has 1 fully saturated rings. The molecule has 5 heteroatoms. The molecule has 0 radical (unpaired) electrons. The summed E-state index contributed by atoms with van der Waals surface area (Å²) >= 11 is 1.94. The number of benzene rings is 1. The fourth-order valence-electron chi connectivity index (χ4n) is 2.71. The molecular formula is C15H23N3OS. The Morgan fingerprint density at radius 3 is 2.55 bits per heavy atom. The Morgan fingerprint density at radius 2 is 2.00 bits per heavy atom. The first-order chi connectivity index (χ1) is 9.63. The molecule has 0 unspecified atom stereocenters. The second-order valence-corrected chi connectivity index (χ2v) is 6.49. The lowest BCUT2D eigenvalue weighted by Gasteiger charge is -2.28. The third kappa shape index (κ3) is 3.67. The molecule has 4 nitrogen and oxygen atoms in total. The molecule has 1 aliphatic carbocycles. The van der Waals surface area contributed by atoms with E-state index in [0.29, 0.717) is 6.04 Å². The molecule has 1 aromatic carbocycles. The molecule has 0 atom stereocenters. The Balaban J connectivity index is 1.95. The van der Waals surface area contributed by atoms with Crippen LogP contribution in [0.5, 0.6) is 0 Å². The van der Waals surface area contributed by atoms with Gasteiger partial charge in [0, 0.05) is 22.5 Å². The molecule has 0 heterocycles. The van der Waals surface area contributed by atoms with Crippen molar-refractivity contribution >= 4 is 23.4 Å². The minimum atomic E-state index is 0.0265. The zero-order valence-electron chi connectivity index (χ0n) is 12.1. The van der Waals surface area contributed by atoms with Gasteiger partial charge in [0.05, 0.1) is 0 Å². The molecule has 0 saturated heterocycles. The number of carbonyl (C=O) groups is 1. The number of nitrogen functional groups attached to an aromatic ring is 1. The van der Waals surface area contributed by atoms with Crippen LogP contribution in [0.25, 0.3) is 0 Å². The Bertz CT molecular complexity index is 470. The van der Waals surface area contributed by atoms with Gasteiger partial charge in [-0.1, -0.05) is 0 Å². The lowest BCUT2D eigenvalue weighted by molar-refractivity contribution is 0.0927. The fraction of sp³-hybridized carbons (Fsp3) is 0.533. The van der Waals surface area contributed by atoms with Crippen molar-refractivity contribution in [3.8, 4) is 0 Å². The minimum Gasteiger partial charge on any atom is -0.349 e. The molecule has 0 aromatic heterocycles. The first-order valence-electron chi connectivity index (χ1n) is 7.05. The van der Waals surface area contributed by atoms with Crippen LogP contribution < -0.4 is 16.6 Å². The number of anilines is 1. The van der Waals surface area contributed by atoms with E-state index in [1.54, 1.807) is 0 Å². The van der Waals surface area contributed by atoms with E-state index in [2.05, 4.69) is 17.0 Å². The number of carbonyl (C=O) groups excluding carboxylic acids is 1. The van der Waals surface area contributed by atoms with Crippen molar-refractivity contribution in [1.82, 2.24) is 5.32 Å². The van der Waals surface area contributed by atoms with Crippen molar-refractivity contribution in [3.63, 3.8) is 0 Å². The highest BCUT2D eigenvalue weighted by atomic mass is 32.2. The van der Waals surface area contributed by atoms with E-state index in [4.69, 9.17) is 5.84 Å². The topological polar surface area (TPSA) is 67.2 Å². The fourth-order valence-corrected chi connectivity index (χ4v) is 3.46. The summed E-state index contributed by atoms with van der Waals surface area (Å²) in [6.07, 6.45) is 6.72. The molecule has 1 amide bonds. The molecule has 0 spiro atoms. The number of nitrogens with two attached hydrogens (primary N) is 1. The first-order valence-corrected chi connectivity index (χ1v) is 8.33. The third-order valence-electron chi connectivity index (χ3n) is 3.98. The van der Waals surface area contributed by atoms with Gasteiger partial charge in [-0.15, -0.1) is 0 Å².